The van der Waals surface area contributed by atoms with Gasteiger partial charge in [-0.25, -0.2) is 0 Å². The molecule has 146 valence electrons. The largest absolute Gasteiger partial charge is 0.338 e. The Kier molecular flexibility index (Phi) is 6.75. The Morgan fingerprint density at radius 3 is 2.68 bits per heavy atom. The first kappa shape index (κ1) is 20.4. The topological polar surface area (TPSA) is 51.0 Å². The Morgan fingerprint density at radius 1 is 1.25 bits per heavy atom. The van der Waals surface area contributed by atoms with Crippen molar-refractivity contribution in [3.63, 3.8) is 0 Å². The zero-order valence-corrected chi connectivity index (χ0v) is 17.7. The molecule has 28 heavy (non-hydrogen) atoms. The molecule has 0 bridgehead atoms. The molecule has 5 nitrogen and oxygen atoms in total. The van der Waals surface area contributed by atoms with Crippen molar-refractivity contribution in [2.24, 2.45) is 0 Å². The first-order valence-corrected chi connectivity index (χ1v) is 10.4. The maximum Gasteiger partial charge on any atom is 0.236 e. The highest BCUT2D eigenvalue weighted by molar-refractivity contribution is 8.00. The van der Waals surface area contributed by atoms with Gasteiger partial charge in [-0.3, -0.25) is 9.36 Å². The van der Waals surface area contributed by atoms with Gasteiger partial charge in [-0.05, 0) is 44.0 Å². The number of carbonyl (C=O) groups is 1. The van der Waals surface area contributed by atoms with Crippen molar-refractivity contribution in [2.45, 2.75) is 37.7 Å². The van der Waals surface area contributed by atoms with Crippen LogP contribution in [0.4, 0.5) is 0 Å². The van der Waals surface area contributed by atoms with Gasteiger partial charge in [-0.15, -0.1) is 10.2 Å². The first-order chi connectivity index (χ1) is 13.5. The molecule has 3 aromatic rings. The van der Waals surface area contributed by atoms with Gasteiger partial charge in [0.15, 0.2) is 5.16 Å². The van der Waals surface area contributed by atoms with Crippen LogP contribution in [0.2, 0.25) is 5.02 Å². The molecular formula is C21H23ClN4OS. The second-order valence-electron chi connectivity index (χ2n) is 6.52. The van der Waals surface area contributed by atoms with Crippen LogP contribution >= 0.6 is 23.4 Å². The molecule has 1 heterocycles. The molecule has 0 aliphatic rings. The van der Waals surface area contributed by atoms with E-state index in [0.29, 0.717) is 23.3 Å². The van der Waals surface area contributed by atoms with E-state index in [0.717, 1.165) is 16.8 Å². The zero-order chi connectivity index (χ0) is 20.1. The molecule has 7 heteroatoms. The van der Waals surface area contributed by atoms with E-state index in [1.54, 1.807) is 6.33 Å². The summed E-state index contributed by atoms with van der Waals surface area (Å²) in [7, 11) is 0. The van der Waals surface area contributed by atoms with Crippen LogP contribution in [-0.2, 0) is 11.3 Å². The van der Waals surface area contributed by atoms with E-state index in [-0.39, 0.29) is 11.2 Å². The number of nitrogens with zero attached hydrogens (tertiary/aromatic N) is 4. The minimum atomic E-state index is -0.285. The lowest BCUT2D eigenvalue weighted by atomic mass is 10.2. The van der Waals surface area contributed by atoms with Gasteiger partial charge in [0, 0.05) is 18.1 Å². The number of aromatic nitrogens is 3. The van der Waals surface area contributed by atoms with E-state index < -0.39 is 0 Å². The first-order valence-electron chi connectivity index (χ1n) is 9.15. The van der Waals surface area contributed by atoms with Gasteiger partial charge in [0.05, 0.1) is 10.9 Å². The molecule has 1 aromatic heterocycles. The van der Waals surface area contributed by atoms with Crippen molar-refractivity contribution in [1.29, 1.82) is 0 Å². The van der Waals surface area contributed by atoms with Crippen LogP contribution in [0, 0.1) is 6.92 Å². The number of carbonyl (C=O) groups excluding carboxylic acids is 1. The molecule has 0 fully saturated rings. The number of halogens is 1. The summed E-state index contributed by atoms with van der Waals surface area (Å²) >= 11 is 7.65. The lowest BCUT2D eigenvalue weighted by Gasteiger charge is -2.24. The highest BCUT2D eigenvalue weighted by Crippen LogP contribution is 2.27. The Bertz CT molecular complexity index is 945. The molecule has 0 spiro atoms. The van der Waals surface area contributed by atoms with Crippen molar-refractivity contribution in [1.82, 2.24) is 19.7 Å². The summed E-state index contributed by atoms with van der Waals surface area (Å²) in [6.45, 7) is 7.11. The monoisotopic (exact) mass is 414 g/mol. The molecule has 1 amide bonds. The Morgan fingerprint density at radius 2 is 2.00 bits per heavy atom. The summed E-state index contributed by atoms with van der Waals surface area (Å²) in [5.74, 6) is 0.0767. The van der Waals surface area contributed by atoms with Gasteiger partial charge >= 0.3 is 0 Å². The molecule has 1 atom stereocenters. The molecule has 1 unspecified atom stereocenters. The van der Waals surface area contributed by atoms with Gasteiger partial charge in [-0.1, -0.05) is 59.8 Å². The summed E-state index contributed by atoms with van der Waals surface area (Å²) in [6.07, 6.45) is 1.64. The van der Waals surface area contributed by atoms with Crippen LogP contribution < -0.4 is 0 Å². The van der Waals surface area contributed by atoms with Crippen molar-refractivity contribution >= 4 is 29.3 Å². The van der Waals surface area contributed by atoms with Crippen molar-refractivity contribution in [2.75, 3.05) is 6.54 Å². The maximum absolute atomic E-state index is 13.0. The van der Waals surface area contributed by atoms with E-state index >= 15 is 0 Å². The summed E-state index contributed by atoms with van der Waals surface area (Å²) in [4.78, 5) is 14.8. The fourth-order valence-corrected chi connectivity index (χ4v) is 3.93. The van der Waals surface area contributed by atoms with Crippen molar-refractivity contribution < 1.29 is 4.79 Å². The average molecular weight is 415 g/mol. The quantitative estimate of drug-likeness (QED) is 0.523. The fraction of sp³-hybridized carbons (Fsp3) is 0.286. The van der Waals surface area contributed by atoms with Gasteiger partial charge in [-0.2, -0.15) is 0 Å². The number of hydrogen-bond donors (Lipinski definition) is 0. The summed E-state index contributed by atoms with van der Waals surface area (Å²) in [6, 6.07) is 15.8. The van der Waals surface area contributed by atoms with Crippen LogP contribution in [0.25, 0.3) is 5.69 Å². The normalized spacial score (nSPS) is 12.0. The highest BCUT2D eigenvalue weighted by atomic mass is 35.5. The van der Waals surface area contributed by atoms with Crippen molar-refractivity contribution in [3.8, 4) is 5.69 Å². The minimum Gasteiger partial charge on any atom is -0.338 e. The van der Waals surface area contributed by atoms with Crippen molar-refractivity contribution in [3.05, 3.63) is 71.0 Å². The molecular weight excluding hydrogens is 392 g/mol. The molecule has 0 radical (unpaired) electrons. The second kappa shape index (κ2) is 9.26. The third-order valence-corrected chi connectivity index (χ3v) is 5.94. The Hall–Kier alpha value is -2.31. The highest BCUT2D eigenvalue weighted by Gasteiger charge is 2.23. The maximum atomic E-state index is 13.0. The molecule has 2 aromatic carbocycles. The molecule has 0 N–H and O–H groups in total. The van der Waals surface area contributed by atoms with Crippen LogP contribution in [0.1, 0.15) is 25.0 Å². The van der Waals surface area contributed by atoms with Gasteiger partial charge < -0.3 is 4.90 Å². The van der Waals surface area contributed by atoms with E-state index in [1.807, 2.05) is 78.8 Å². The minimum absolute atomic E-state index is 0.0767. The summed E-state index contributed by atoms with van der Waals surface area (Å²) in [5.41, 5.74) is 3.00. The SMILES string of the molecule is CCN(Cc1ccccc1)C(=O)C(C)Sc1nncn1-c1ccc(C)c(Cl)c1. The third kappa shape index (κ3) is 4.75. The second-order valence-corrected chi connectivity index (χ2v) is 8.23. The summed E-state index contributed by atoms with van der Waals surface area (Å²) in [5, 5.41) is 9.28. The number of aryl methyl sites for hydroxylation is 1. The smallest absolute Gasteiger partial charge is 0.236 e. The third-order valence-electron chi connectivity index (χ3n) is 4.49. The standard InChI is InChI=1S/C21H23ClN4OS/c1-4-25(13-17-8-6-5-7-9-17)20(27)16(3)28-21-24-23-14-26(21)18-11-10-15(2)19(22)12-18/h5-12,14,16H,4,13H2,1-3H3. The van der Waals surface area contributed by atoms with E-state index in [2.05, 4.69) is 10.2 Å². The van der Waals surface area contributed by atoms with E-state index in [9.17, 15) is 4.79 Å². The predicted octanol–water partition coefficient (Wildman–Crippen LogP) is 4.76. The lowest BCUT2D eigenvalue weighted by molar-refractivity contribution is -0.130. The van der Waals surface area contributed by atoms with Gasteiger partial charge in [0.2, 0.25) is 5.91 Å². The lowest BCUT2D eigenvalue weighted by Crippen LogP contribution is -2.36. The Labute approximate surface area is 174 Å². The number of hydrogen-bond acceptors (Lipinski definition) is 4. The summed E-state index contributed by atoms with van der Waals surface area (Å²) < 4.78 is 1.85. The molecule has 0 saturated carbocycles. The van der Waals surface area contributed by atoms with Gasteiger partial charge in [0.1, 0.15) is 6.33 Å². The van der Waals surface area contributed by atoms with Crippen LogP contribution in [0.5, 0.6) is 0 Å². The predicted molar refractivity (Wildman–Crippen MR) is 114 cm³/mol. The molecule has 0 saturated heterocycles. The van der Waals surface area contributed by atoms with Crippen LogP contribution in [0.3, 0.4) is 0 Å². The fourth-order valence-electron chi connectivity index (χ4n) is 2.83. The number of thioether (sulfide) groups is 1. The van der Waals surface area contributed by atoms with Gasteiger partial charge in [0.25, 0.3) is 0 Å². The van der Waals surface area contributed by atoms with Crippen LogP contribution in [-0.4, -0.2) is 37.4 Å². The zero-order valence-electron chi connectivity index (χ0n) is 16.2. The van der Waals surface area contributed by atoms with E-state index in [4.69, 9.17) is 11.6 Å². The van der Waals surface area contributed by atoms with Crippen LogP contribution in [0.15, 0.2) is 60.0 Å². The van der Waals surface area contributed by atoms with E-state index in [1.165, 1.54) is 11.8 Å². The number of amides is 1. The molecule has 0 aliphatic heterocycles. The number of benzene rings is 2. The average Bonchev–Trinajstić information content (AvgIpc) is 3.16. The Balaban J connectivity index is 1.73. The number of rotatable bonds is 7. The molecule has 0 aliphatic carbocycles. The molecule has 3 rings (SSSR count).